The molecule has 0 unspecified atom stereocenters. The molecule has 1 aliphatic heterocycles. The van der Waals surface area contributed by atoms with Crippen LogP contribution in [0.2, 0.25) is 0 Å². The highest BCUT2D eigenvalue weighted by Gasteiger charge is 2.24. The fraction of sp³-hybridized carbons (Fsp3) is 0.381. The molecular formula is C21H27N3O4S. The van der Waals surface area contributed by atoms with Gasteiger partial charge in [0.05, 0.1) is 24.1 Å². The van der Waals surface area contributed by atoms with Crippen LogP contribution in [0.4, 0.5) is 5.69 Å². The van der Waals surface area contributed by atoms with Crippen molar-refractivity contribution in [2.75, 3.05) is 43.8 Å². The van der Waals surface area contributed by atoms with Crippen molar-refractivity contribution in [3.05, 3.63) is 59.7 Å². The number of nitrogens with zero attached hydrogens (tertiary/aromatic N) is 2. The van der Waals surface area contributed by atoms with Crippen LogP contribution in [0.25, 0.3) is 0 Å². The number of para-hydroxylation sites is 1. The van der Waals surface area contributed by atoms with Gasteiger partial charge in [0, 0.05) is 32.7 Å². The zero-order valence-corrected chi connectivity index (χ0v) is 17.6. The number of ether oxygens (including phenoxy) is 1. The molecule has 1 fully saturated rings. The van der Waals surface area contributed by atoms with Crippen LogP contribution in [-0.2, 0) is 16.6 Å². The summed E-state index contributed by atoms with van der Waals surface area (Å²) in [7, 11) is -3.45. The number of carbonyl (C=O) groups excluding carboxylic acids is 1. The van der Waals surface area contributed by atoms with Crippen molar-refractivity contribution >= 4 is 21.6 Å². The third-order valence-electron chi connectivity index (χ3n) is 4.75. The van der Waals surface area contributed by atoms with Crippen molar-refractivity contribution in [3.63, 3.8) is 0 Å². The van der Waals surface area contributed by atoms with E-state index in [0.717, 1.165) is 31.6 Å². The van der Waals surface area contributed by atoms with Gasteiger partial charge < -0.3 is 9.64 Å². The van der Waals surface area contributed by atoms with E-state index in [4.69, 9.17) is 4.74 Å². The van der Waals surface area contributed by atoms with E-state index < -0.39 is 10.0 Å². The quantitative estimate of drug-likeness (QED) is 0.749. The minimum absolute atomic E-state index is 0.155. The van der Waals surface area contributed by atoms with E-state index in [1.165, 1.54) is 5.56 Å². The Morgan fingerprint density at radius 3 is 2.31 bits per heavy atom. The highest BCUT2D eigenvalue weighted by atomic mass is 32.2. The van der Waals surface area contributed by atoms with Crippen molar-refractivity contribution < 1.29 is 17.9 Å². The Hall–Kier alpha value is -2.58. The molecule has 1 saturated heterocycles. The Morgan fingerprint density at radius 1 is 1.03 bits per heavy atom. The molecule has 0 aromatic heterocycles. The SMILES string of the molecule is CCOc1ccc(CN2CCN(C(=O)c3ccccc3NS(C)(=O)=O)CC2)cc1. The molecule has 0 radical (unpaired) electrons. The summed E-state index contributed by atoms with van der Waals surface area (Å²) < 4.78 is 31.1. The molecule has 0 spiro atoms. The third-order valence-corrected chi connectivity index (χ3v) is 5.34. The van der Waals surface area contributed by atoms with E-state index in [1.807, 2.05) is 19.1 Å². The smallest absolute Gasteiger partial charge is 0.256 e. The fourth-order valence-electron chi connectivity index (χ4n) is 3.35. The molecule has 2 aromatic carbocycles. The molecule has 1 amide bonds. The molecule has 7 nitrogen and oxygen atoms in total. The van der Waals surface area contributed by atoms with Crippen LogP contribution >= 0.6 is 0 Å². The zero-order chi connectivity index (χ0) is 20.9. The van der Waals surface area contributed by atoms with Crippen LogP contribution in [0.1, 0.15) is 22.8 Å². The summed E-state index contributed by atoms with van der Waals surface area (Å²) in [5.74, 6) is 0.713. The molecular weight excluding hydrogens is 390 g/mol. The summed E-state index contributed by atoms with van der Waals surface area (Å²) >= 11 is 0. The second kappa shape index (κ2) is 9.28. The highest BCUT2D eigenvalue weighted by Crippen LogP contribution is 2.20. The first kappa shape index (κ1) is 21.1. The van der Waals surface area contributed by atoms with Gasteiger partial charge in [-0.25, -0.2) is 8.42 Å². The molecule has 8 heteroatoms. The lowest BCUT2D eigenvalue weighted by Gasteiger charge is -2.35. The van der Waals surface area contributed by atoms with E-state index in [0.29, 0.717) is 30.9 Å². The Bertz CT molecular complexity index is 937. The first-order valence-electron chi connectivity index (χ1n) is 9.66. The number of piperazine rings is 1. The van der Waals surface area contributed by atoms with Crippen LogP contribution in [0.15, 0.2) is 48.5 Å². The summed E-state index contributed by atoms with van der Waals surface area (Å²) in [6.45, 7) is 6.16. The molecule has 1 heterocycles. The average molecular weight is 418 g/mol. The maximum absolute atomic E-state index is 12.9. The first-order valence-corrected chi connectivity index (χ1v) is 11.5. The minimum Gasteiger partial charge on any atom is -0.494 e. The van der Waals surface area contributed by atoms with Crippen LogP contribution in [0, 0.1) is 0 Å². The number of rotatable bonds is 7. The van der Waals surface area contributed by atoms with E-state index in [1.54, 1.807) is 29.2 Å². The predicted octanol–water partition coefficient (Wildman–Crippen LogP) is 2.41. The average Bonchev–Trinajstić information content (AvgIpc) is 2.69. The van der Waals surface area contributed by atoms with Crippen molar-refractivity contribution in [2.24, 2.45) is 0 Å². The summed E-state index contributed by atoms with van der Waals surface area (Å²) in [5.41, 5.74) is 1.89. The van der Waals surface area contributed by atoms with Crippen LogP contribution in [0.3, 0.4) is 0 Å². The number of amides is 1. The zero-order valence-electron chi connectivity index (χ0n) is 16.8. The third kappa shape index (κ3) is 5.95. The minimum atomic E-state index is -3.45. The molecule has 3 rings (SSSR count). The molecule has 0 aliphatic carbocycles. The van der Waals surface area contributed by atoms with Gasteiger partial charge in [-0.15, -0.1) is 0 Å². The molecule has 156 valence electrons. The van der Waals surface area contributed by atoms with Gasteiger partial charge in [0.25, 0.3) is 5.91 Å². The predicted molar refractivity (Wildman–Crippen MR) is 114 cm³/mol. The molecule has 0 atom stereocenters. The number of benzene rings is 2. The molecule has 1 N–H and O–H groups in total. The van der Waals surface area contributed by atoms with Gasteiger partial charge in [-0.1, -0.05) is 24.3 Å². The van der Waals surface area contributed by atoms with Gasteiger partial charge in [0.2, 0.25) is 10.0 Å². The van der Waals surface area contributed by atoms with Gasteiger partial charge in [-0.2, -0.15) is 0 Å². The van der Waals surface area contributed by atoms with E-state index >= 15 is 0 Å². The number of carbonyl (C=O) groups is 1. The normalized spacial score (nSPS) is 15.2. The maximum atomic E-state index is 12.9. The Morgan fingerprint density at radius 2 is 1.69 bits per heavy atom. The van der Waals surface area contributed by atoms with Crippen molar-refractivity contribution in [1.82, 2.24) is 9.80 Å². The molecule has 2 aromatic rings. The van der Waals surface area contributed by atoms with Crippen molar-refractivity contribution in [1.29, 1.82) is 0 Å². The highest BCUT2D eigenvalue weighted by molar-refractivity contribution is 7.92. The lowest BCUT2D eigenvalue weighted by Crippen LogP contribution is -2.48. The second-order valence-corrected chi connectivity index (χ2v) is 8.81. The van der Waals surface area contributed by atoms with Crippen LogP contribution in [-0.4, -0.2) is 63.2 Å². The maximum Gasteiger partial charge on any atom is 0.256 e. The lowest BCUT2D eigenvalue weighted by molar-refractivity contribution is 0.0629. The first-order chi connectivity index (χ1) is 13.9. The molecule has 0 saturated carbocycles. The standard InChI is InChI=1S/C21H27N3O4S/c1-3-28-18-10-8-17(9-11-18)16-23-12-14-24(15-13-23)21(25)19-6-4-5-7-20(19)22-29(2,26)27/h4-11,22H,3,12-16H2,1-2H3. The van der Waals surface area contributed by atoms with E-state index in [2.05, 4.69) is 21.8 Å². The van der Waals surface area contributed by atoms with Gasteiger partial charge in [0.1, 0.15) is 5.75 Å². The van der Waals surface area contributed by atoms with E-state index in [9.17, 15) is 13.2 Å². The summed E-state index contributed by atoms with van der Waals surface area (Å²) in [6, 6.07) is 14.8. The number of nitrogens with one attached hydrogen (secondary N) is 1. The van der Waals surface area contributed by atoms with Crippen molar-refractivity contribution in [3.8, 4) is 5.75 Å². The van der Waals surface area contributed by atoms with Gasteiger partial charge in [-0.05, 0) is 36.8 Å². The summed E-state index contributed by atoms with van der Waals surface area (Å²) in [4.78, 5) is 17.0. The van der Waals surface area contributed by atoms with Gasteiger partial charge in [0.15, 0.2) is 0 Å². The molecule has 0 bridgehead atoms. The Labute approximate surface area is 172 Å². The Kier molecular flexibility index (Phi) is 6.76. The summed E-state index contributed by atoms with van der Waals surface area (Å²) in [5, 5.41) is 0. The van der Waals surface area contributed by atoms with Crippen LogP contribution < -0.4 is 9.46 Å². The number of sulfonamides is 1. The van der Waals surface area contributed by atoms with Gasteiger partial charge in [-0.3, -0.25) is 14.4 Å². The number of anilines is 1. The monoisotopic (exact) mass is 417 g/mol. The lowest BCUT2D eigenvalue weighted by atomic mass is 10.1. The number of hydrogen-bond acceptors (Lipinski definition) is 5. The second-order valence-electron chi connectivity index (χ2n) is 7.07. The van der Waals surface area contributed by atoms with E-state index in [-0.39, 0.29) is 5.91 Å². The van der Waals surface area contributed by atoms with Gasteiger partial charge >= 0.3 is 0 Å². The Balaban J connectivity index is 1.59. The molecule has 29 heavy (non-hydrogen) atoms. The van der Waals surface area contributed by atoms with Crippen molar-refractivity contribution in [2.45, 2.75) is 13.5 Å². The topological polar surface area (TPSA) is 79.0 Å². The fourth-order valence-corrected chi connectivity index (χ4v) is 3.93. The number of hydrogen-bond donors (Lipinski definition) is 1. The largest absolute Gasteiger partial charge is 0.494 e. The molecule has 1 aliphatic rings. The summed E-state index contributed by atoms with van der Waals surface area (Å²) in [6.07, 6.45) is 1.08. The van der Waals surface area contributed by atoms with Crippen LogP contribution in [0.5, 0.6) is 5.75 Å².